The van der Waals surface area contributed by atoms with E-state index in [1.807, 2.05) is 12.1 Å². The molecule has 1 aliphatic heterocycles. The maximum atomic E-state index is 13.1. The minimum absolute atomic E-state index is 0.0733. The van der Waals surface area contributed by atoms with Gasteiger partial charge >= 0.3 is 0 Å². The van der Waals surface area contributed by atoms with Crippen molar-refractivity contribution in [2.24, 2.45) is 0 Å². The van der Waals surface area contributed by atoms with Gasteiger partial charge in [0.1, 0.15) is 0 Å². The summed E-state index contributed by atoms with van der Waals surface area (Å²) < 4.78 is 7.16. The van der Waals surface area contributed by atoms with Gasteiger partial charge in [-0.05, 0) is 42.7 Å². The summed E-state index contributed by atoms with van der Waals surface area (Å²) in [5.41, 5.74) is 1.87. The van der Waals surface area contributed by atoms with Gasteiger partial charge in [0.05, 0.1) is 17.0 Å². The van der Waals surface area contributed by atoms with E-state index < -0.39 is 0 Å². The molecule has 1 saturated heterocycles. The highest BCUT2D eigenvalue weighted by Gasteiger charge is 2.18. The molecule has 1 fully saturated rings. The molecule has 0 radical (unpaired) electrons. The molecule has 4 rings (SSSR count). The van der Waals surface area contributed by atoms with E-state index >= 15 is 0 Å². The Morgan fingerprint density at radius 1 is 1.39 bits per heavy atom. The lowest BCUT2D eigenvalue weighted by molar-refractivity contribution is 0.0858. The van der Waals surface area contributed by atoms with Crippen molar-refractivity contribution in [2.45, 2.75) is 36.4 Å². The van der Waals surface area contributed by atoms with Crippen LogP contribution in [0.15, 0.2) is 65.3 Å². The Hall–Kier alpha value is -2.97. The molecule has 1 unspecified atom stereocenters. The molecule has 1 aromatic carbocycles. The zero-order valence-electron chi connectivity index (χ0n) is 17.1. The third-order valence-corrected chi connectivity index (χ3v) is 6.15. The lowest BCUT2D eigenvalue weighted by Crippen LogP contribution is -2.31. The summed E-state index contributed by atoms with van der Waals surface area (Å²) in [7, 11) is 0. The number of aromatic nitrogens is 3. The van der Waals surface area contributed by atoms with Crippen molar-refractivity contribution >= 4 is 28.6 Å². The lowest BCUT2D eigenvalue weighted by Gasteiger charge is -2.13. The maximum absolute atomic E-state index is 13.1. The number of fused-ring (bicyclic) bond motifs is 1. The first-order valence-corrected chi connectivity index (χ1v) is 11.2. The van der Waals surface area contributed by atoms with E-state index in [1.54, 1.807) is 41.2 Å². The molecule has 0 aliphatic carbocycles. The van der Waals surface area contributed by atoms with Crippen molar-refractivity contribution in [1.82, 2.24) is 19.9 Å². The van der Waals surface area contributed by atoms with Crippen LogP contribution in [0.5, 0.6) is 0 Å². The summed E-state index contributed by atoms with van der Waals surface area (Å²) in [6.07, 6.45) is 7.25. The number of thioether (sulfide) groups is 1. The van der Waals surface area contributed by atoms with Crippen molar-refractivity contribution in [1.29, 1.82) is 0 Å². The lowest BCUT2D eigenvalue weighted by atomic mass is 10.1. The number of ether oxygens (including phenoxy) is 1. The van der Waals surface area contributed by atoms with E-state index in [2.05, 4.69) is 16.9 Å². The second-order valence-corrected chi connectivity index (χ2v) is 8.27. The van der Waals surface area contributed by atoms with Gasteiger partial charge < -0.3 is 10.1 Å². The molecule has 7 nitrogen and oxygen atoms in total. The highest BCUT2D eigenvalue weighted by atomic mass is 32.2. The van der Waals surface area contributed by atoms with Gasteiger partial charge in [0, 0.05) is 43.4 Å². The first-order valence-electron chi connectivity index (χ1n) is 10.2. The van der Waals surface area contributed by atoms with Crippen LogP contribution >= 0.6 is 11.8 Å². The van der Waals surface area contributed by atoms with E-state index in [0.717, 1.165) is 25.0 Å². The van der Waals surface area contributed by atoms with Gasteiger partial charge in [-0.2, -0.15) is 0 Å². The molecule has 1 aliphatic rings. The number of nitrogens with zero attached hydrogens (tertiary/aromatic N) is 3. The van der Waals surface area contributed by atoms with Crippen LogP contribution in [0.2, 0.25) is 0 Å². The summed E-state index contributed by atoms with van der Waals surface area (Å²) in [4.78, 5) is 34.5. The molecule has 1 N–H and O–H groups in total. The first-order chi connectivity index (χ1) is 15.2. The fourth-order valence-corrected chi connectivity index (χ4v) is 4.43. The van der Waals surface area contributed by atoms with Crippen LogP contribution in [-0.2, 0) is 17.0 Å². The zero-order chi connectivity index (χ0) is 21.6. The Bertz CT molecular complexity index is 1140. The van der Waals surface area contributed by atoms with Crippen LogP contribution in [-0.4, -0.2) is 39.7 Å². The van der Waals surface area contributed by atoms with Gasteiger partial charge in [-0.3, -0.25) is 19.1 Å². The molecule has 0 bridgehead atoms. The summed E-state index contributed by atoms with van der Waals surface area (Å²) >= 11 is 1.46. The van der Waals surface area contributed by atoms with E-state index in [9.17, 15) is 9.59 Å². The molecule has 2 aromatic heterocycles. The van der Waals surface area contributed by atoms with Crippen LogP contribution in [0.25, 0.3) is 10.9 Å². The molecule has 3 aromatic rings. The average molecular weight is 437 g/mol. The molecule has 1 atom stereocenters. The van der Waals surface area contributed by atoms with E-state index in [4.69, 9.17) is 9.72 Å². The highest BCUT2D eigenvalue weighted by molar-refractivity contribution is 7.98. The van der Waals surface area contributed by atoms with Crippen molar-refractivity contribution < 1.29 is 9.53 Å². The fraction of sp³-hybridized carbons (Fsp3) is 0.304. The molecule has 3 heterocycles. The van der Waals surface area contributed by atoms with Gasteiger partial charge in [0.25, 0.3) is 11.5 Å². The standard InChI is InChI=1S/C23H24N4O3S/c1-2-10-27-22(29)19-8-7-17(21(28)25-14-18-6-4-11-30-18)12-20(19)26-23(27)31-15-16-5-3-9-24-13-16/h2-3,5,7-9,12-13,18H,1,4,6,10-11,14-15H2,(H,25,28). The number of benzene rings is 1. The summed E-state index contributed by atoms with van der Waals surface area (Å²) in [6.45, 7) is 5.35. The van der Waals surface area contributed by atoms with E-state index in [-0.39, 0.29) is 17.6 Å². The summed E-state index contributed by atoms with van der Waals surface area (Å²) in [5.74, 6) is 0.434. The number of amides is 1. The van der Waals surface area contributed by atoms with Gasteiger partial charge in [0.15, 0.2) is 5.16 Å². The van der Waals surface area contributed by atoms with Gasteiger partial charge in [0.2, 0.25) is 0 Å². The largest absolute Gasteiger partial charge is 0.376 e. The Kier molecular flexibility index (Phi) is 6.79. The summed E-state index contributed by atoms with van der Waals surface area (Å²) in [5, 5.41) is 3.97. The SMILES string of the molecule is C=CCn1c(SCc2cccnc2)nc2cc(C(=O)NCC3CCCO3)ccc2c1=O. The Balaban J connectivity index is 1.60. The normalized spacial score (nSPS) is 15.8. The predicted molar refractivity (Wildman–Crippen MR) is 121 cm³/mol. The number of carbonyl (C=O) groups excluding carboxylic acids is 1. The third-order valence-electron chi connectivity index (χ3n) is 5.10. The van der Waals surface area contributed by atoms with Crippen molar-refractivity contribution in [3.63, 3.8) is 0 Å². The smallest absolute Gasteiger partial charge is 0.262 e. The minimum atomic E-state index is -0.195. The fourth-order valence-electron chi connectivity index (χ4n) is 3.49. The number of rotatable bonds is 8. The minimum Gasteiger partial charge on any atom is -0.376 e. The summed E-state index contributed by atoms with van der Waals surface area (Å²) in [6, 6.07) is 8.86. The number of pyridine rings is 1. The quantitative estimate of drug-likeness (QED) is 0.332. The molecule has 0 saturated carbocycles. The Labute approximate surface area is 184 Å². The molecule has 1 amide bonds. The maximum Gasteiger partial charge on any atom is 0.262 e. The number of allylic oxidation sites excluding steroid dienone is 1. The van der Waals surface area contributed by atoms with Crippen LogP contribution < -0.4 is 10.9 Å². The molecule has 0 spiro atoms. The molecule has 31 heavy (non-hydrogen) atoms. The predicted octanol–water partition coefficient (Wildman–Crippen LogP) is 3.18. The van der Waals surface area contributed by atoms with Gasteiger partial charge in [-0.15, -0.1) is 6.58 Å². The van der Waals surface area contributed by atoms with Gasteiger partial charge in [-0.1, -0.05) is 23.9 Å². The van der Waals surface area contributed by atoms with E-state index in [1.165, 1.54) is 11.8 Å². The van der Waals surface area contributed by atoms with Crippen molar-refractivity contribution in [3.05, 3.63) is 76.9 Å². The number of hydrogen-bond acceptors (Lipinski definition) is 6. The second-order valence-electron chi connectivity index (χ2n) is 7.33. The molecular weight excluding hydrogens is 412 g/mol. The Morgan fingerprint density at radius 2 is 2.29 bits per heavy atom. The van der Waals surface area contributed by atoms with Crippen LogP contribution in [0.4, 0.5) is 0 Å². The molecule has 8 heteroatoms. The number of carbonyl (C=O) groups is 1. The number of nitrogens with one attached hydrogen (secondary N) is 1. The van der Waals surface area contributed by atoms with Crippen LogP contribution in [0.1, 0.15) is 28.8 Å². The van der Waals surface area contributed by atoms with E-state index in [0.29, 0.717) is 40.5 Å². The third kappa shape index (κ3) is 5.03. The van der Waals surface area contributed by atoms with Crippen molar-refractivity contribution in [2.75, 3.05) is 13.2 Å². The molecular formula is C23H24N4O3S. The zero-order valence-corrected chi connectivity index (χ0v) is 17.9. The van der Waals surface area contributed by atoms with Gasteiger partial charge in [-0.25, -0.2) is 4.98 Å². The first kappa shape index (κ1) is 21.3. The highest BCUT2D eigenvalue weighted by Crippen LogP contribution is 2.22. The average Bonchev–Trinajstić information content (AvgIpc) is 3.32. The second kappa shape index (κ2) is 9.89. The number of hydrogen-bond donors (Lipinski definition) is 1. The van der Waals surface area contributed by atoms with Crippen LogP contribution in [0.3, 0.4) is 0 Å². The van der Waals surface area contributed by atoms with Crippen molar-refractivity contribution in [3.8, 4) is 0 Å². The topological polar surface area (TPSA) is 86.1 Å². The van der Waals surface area contributed by atoms with Crippen LogP contribution in [0, 0.1) is 0 Å². The monoisotopic (exact) mass is 436 g/mol. The molecule has 160 valence electrons. The Morgan fingerprint density at radius 3 is 3.03 bits per heavy atom.